The number of carbonyl (C=O) groups excluding carboxylic acids is 2. The lowest BCUT2D eigenvalue weighted by Gasteiger charge is -2.25. The van der Waals surface area contributed by atoms with E-state index < -0.39 is 5.60 Å². The van der Waals surface area contributed by atoms with E-state index in [1.165, 1.54) is 0 Å². The lowest BCUT2D eigenvalue weighted by Crippen LogP contribution is -2.42. The van der Waals surface area contributed by atoms with Gasteiger partial charge >= 0.3 is 6.09 Å². The fourth-order valence-corrected chi connectivity index (χ4v) is 4.33. The first-order chi connectivity index (χ1) is 11.3. The molecule has 0 spiro atoms. The van der Waals surface area contributed by atoms with Crippen molar-refractivity contribution in [2.75, 3.05) is 13.1 Å². The van der Waals surface area contributed by atoms with Crippen LogP contribution in [0.15, 0.2) is 12.2 Å². The zero-order valence-corrected chi connectivity index (χ0v) is 15.1. The van der Waals surface area contributed by atoms with Gasteiger partial charge in [-0.25, -0.2) is 4.79 Å². The molecule has 134 valence electrons. The van der Waals surface area contributed by atoms with Crippen molar-refractivity contribution in [2.24, 2.45) is 17.8 Å². The standard InChI is InChI=1S/C19H30N2O3/c1-19(2,3)24-18(23)20-16-9-8-14-11-21(12-15(14)16)17(22)10-13-6-4-5-7-13/h4,6,13-16H,5,7-12H2,1-3H3,(H,20,23). The summed E-state index contributed by atoms with van der Waals surface area (Å²) in [6.45, 7) is 7.25. The molecule has 4 unspecified atom stereocenters. The van der Waals surface area contributed by atoms with Crippen LogP contribution in [-0.4, -0.2) is 41.6 Å². The van der Waals surface area contributed by atoms with E-state index in [1.807, 2.05) is 25.7 Å². The molecule has 24 heavy (non-hydrogen) atoms. The number of hydrogen-bond acceptors (Lipinski definition) is 3. The summed E-state index contributed by atoms with van der Waals surface area (Å²) in [6, 6.07) is 0.133. The number of carbonyl (C=O) groups is 2. The SMILES string of the molecule is CC(C)(C)OC(=O)NC1CCC2CN(C(=O)CC3C=CCC3)CC21. The maximum atomic E-state index is 12.5. The Kier molecular flexibility index (Phi) is 4.88. The number of alkyl carbamates (subject to hydrolysis) is 1. The molecule has 2 amide bonds. The summed E-state index contributed by atoms with van der Waals surface area (Å²) >= 11 is 0. The minimum Gasteiger partial charge on any atom is -0.444 e. The molecule has 1 heterocycles. The maximum absolute atomic E-state index is 12.5. The van der Waals surface area contributed by atoms with Crippen molar-refractivity contribution in [3.8, 4) is 0 Å². The second-order valence-corrected chi connectivity index (χ2v) is 8.52. The van der Waals surface area contributed by atoms with Gasteiger partial charge in [-0.2, -0.15) is 0 Å². The van der Waals surface area contributed by atoms with E-state index in [1.54, 1.807) is 0 Å². The summed E-state index contributed by atoms with van der Waals surface area (Å²) in [5.41, 5.74) is -0.478. The van der Waals surface area contributed by atoms with Gasteiger partial charge in [0, 0.05) is 31.5 Å². The Balaban J connectivity index is 1.51. The number of fused-ring (bicyclic) bond motifs is 1. The Hall–Kier alpha value is -1.52. The van der Waals surface area contributed by atoms with Gasteiger partial charge < -0.3 is 15.0 Å². The van der Waals surface area contributed by atoms with Gasteiger partial charge in [0.2, 0.25) is 5.91 Å². The highest BCUT2D eigenvalue weighted by molar-refractivity contribution is 5.77. The molecule has 0 radical (unpaired) electrons. The Morgan fingerprint density at radius 3 is 2.67 bits per heavy atom. The van der Waals surface area contributed by atoms with E-state index in [9.17, 15) is 9.59 Å². The van der Waals surface area contributed by atoms with Gasteiger partial charge in [0.25, 0.3) is 0 Å². The fraction of sp³-hybridized carbons (Fsp3) is 0.789. The number of nitrogens with one attached hydrogen (secondary N) is 1. The number of rotatable bonds is 3. The van der Waals surface area contributed by atoms with E-state index in [4.69, 9.17) is 4.74 Å². The normalized spacial score (nSPS) is 32.0. The monoisotopic (exact) mass is 334 g/mol. The number of allylic oxidation sites excluding steroid dienone is 2. The smallest absolute Gasteiger partial charge is 0.407 e. The average Bonchev–Trinajstić information content (AvgIpc) is 3.14. The summed E-state index contributed by atoms with van der Waals surface area (Å²) < 4.78 is 5.37. The van der Waals surface area contributed by atoms with Crippen LogP contribution in [-0.2, 0) is 9.53 Å². The lowest BCUT2D eigenvalue weighted by molar-refractivity contribution is -0.131. The van der Waals surface area contributed by atoms with Crippen molar-refractivity contribution < 1.29 is 14.3 Å². The van der Waals surface area contributed by atoms with Gasteiger partial charge in [-0.15, -0.1) is 0 Å². The minimum atomic E-state index is -0.478. The van der Waals surface area contributed by atoms with E-state index in [0.717, 1.165) is 38.8 Å². The summed E-state index contributed by atoms with van der Waals surface area (Å²) in [4.78, 5) is 26.6. The molecule has 2 fully saturated rings. The van der Waals surface area contributed by atoms with Crippen LogP contribution in [0.4, 0.5) is 4.79 Å². The number of nitrogens with zero attached hydrogens (tertiary/aromatic N) is 1. The van der Waals surface area contributed by atoms with Crippen LogP contribution in [0, 0.1) is 17.8 Å². The van der Waals surface area contributed by atoms with Crippen LogP contribution < -0.4 is 5.32 Å². The van der Waals surface area contributed by atoms with Gasteiger partial charge in [-0.3, -0.25) is 4.79 Å². The van der Waals surface area contributed by atoms with Crippen molar-refractivity contribution in [3.63, 3.8) is 0 Å². The molecule has 5 nitrogen and oxygen atoms in total. The predicted molar refractivity (Wildman–Crippen MR) is 92.4 cm³/mol. The zero-order valence-electron chi connectivity index (χ0n) is 15.1. The molecule has 0 aromatic heterocycles. The Morgan fingerprint density at radius 2 is 2.00 bits per heavy atom. The first-order valence-corrected chi connectivity index (χ1v) is 9.26. The van der Waals surface area contributed by atoms with Gasteiger partial charge in [0.05, 0.1) is 0 Å². The Morgan fingerprint density at radius 1 is 1.21 bits per heavy atom. The molecule has 3 aliphatic rings. The van der Waals surface area contributed by atoms with Crippen molar-refractivity contribution in [3.05, 3.63) is 12.2 Å². The average molecular weight is 334 g/mol. The summed E-state index contributed by atoms with van der Waals surface area (Å²) in [6.07, 6.45) is 8.94. The zero-order chi connectivity index (χ0) is 17.3. The first-order valence-electron chi connectivity index (χ1n) is 9.26. The number of likely N-dealkylation sites (tertiary alicyclic amines) is 1. The van der Waals surface area contributed by atoms with E-state index in [-0.39, 0.29) is 18.0 Å². The molecule has 0 bridgehead atoms. The molecule has 4 atom stereocenters. The molecule has 0 aromatic carbocycles. The quantitative estimate of drug-likeness (QED) is 0.807. The number of amides is 2. The van der Waals surface area contributed by atoms with Crippen LogP contribution in [0.25, 0.3) is 0 Å². The molecule has 1 saturated carbocycles. The molecule has 1 aliphatic heterocycles. The van der Waals surface area contributed by atoms with Gasteiger partial charge in [-0.05, 0) is 58.3 Å². The first kappa shape index (κ1) is 17.3. The molecule has 3 rings (SSSR count). The third kappa shape index (κ3) is 4.11. The van der Waals surface area contributed by atoms with Crippen LogP contribution >= 0.6 is 0 Å². The summed E-state index contributed by atoms with van der Waals surface area (Å²) in [5, 5.41) is 3.03. The van der Waals surface area contributed by atoms with Crippen molar-refractivity contribution >= 4 is 12.0 Å². The molecule has 5 heteroatoms. The molecular formula is C19H30N2O3. The number of ether oxygens (including phenoxy) is 1. The lowest BCUT2D eigenvalue weighted by atomic mass is 9.98. The summed E-state index contributed by atoms with van der Waals surface area (Å²) in [5.74, 6) is 1.60. The maximum Gasteiger partial charge on any atom is 0.407 e. The van der Waals surface area contributed by atoms with Crippen molar-refractivity contribution in [1.29, 1.82) is 0 Å². The highest BCUT2D eigenvalue weighted by Crippen LogP contribution is 2.39. The van der Waals surface area contributed by atoms with E-state index in [0.29, 0.717) is 24.2 Å². The Labute approximate surface area is 144 Å². The largest absolute Gasteiger partial charge is 0.444 e. The predicted octanol–water partition coefficient (Wildman–Crippen LogP) is 3.10. The molecular weight excluding hydrogens is 304 g/mol. The topological polar surface area (TPSA) is 58.6 Å². The third-order valence-electron chi connectivity index (χ3n) is 5.46. The fourth-order valence-electron chi connectivity index (χ4n) is 4.33. The van der Waals surface area contributed by atoms with Gasteiger partial charge in [-0.1, -0.05) is 12.2 Å². The van der Waals surface area contributed by atoms with Crippen LogP contribution in [0.1, 0.15) is 52.9 Å². The van der Waals surface area contributed by atoms with Crippen LogP contribution in [0.5, 0.6) is 0 Å². The van der Waals surface area contributed by atoms with E-state index >= 15 is 0 Å². The van der Waals surface area contributed by atoms with Crippen molar-refractivity contribution in [2.45, 2.75) is 64.5 Å². The van der Waals surface area contributed by atoms with Gasteiger partial charge in [0.15, 0.2) is 0 Å². The second kappa shape index (κ2) is 6.77. The third-order valence-corrected chi connectivity index (χ3v) is 5.46. The molecule has 1 N–H and O–H groups in total. The molecule has 1 saturated heterocycles. The highest BCUT2D eigenvalue weighted by Gasteiger charge is 2.44. The van der Waals surface area contributed by atoms with Crippen molar-refractivity contribution in [1.82, 2.24) is 10.2 Å². The van der Waals surface area contributed by atoms with E-state index in [2.05, 4.69) is 17.5 Å². The Bertz CT molecular complexity index is 523. The van der Waals surface area contributed by atoms with Crippen LogP contribution in [0.3, 0.4) is 0 Å². The van der Waals surface area contributed by atoms with Gasteiger partial charge in [0.1, 0.15) is 5.60 Å². The highest BCUT2D eigenvalue weighted by atomic mass is 16.6. The second-order valence-electron chi connectivity index (χ2n) is 8.52. The summed E-state index contributed by atoms with van der Waals surface area (Å²) in [7, 11) is 0. The molecule has 2 aliphatic carbocycles. The molecule has 0 aromatic rings. The number of hydrogen-bond donors (Lipinski definition) is 1. The minimum absolute atomic E-state index is 0.133. The van der Waals surface area contributed by atoms with Crippen LogP contribution in [0.2, 0.25) is 0 Å².